The molecule has 0 fully saturated rings. The predicted octanol–water partition coefficient (Wildman–Crippen LogP) is 3.44. The molecule has 4 nitrogen and oxygen atoms in total. The minimum absolute atomic E-state index is 0.148. The Bertz CT molecular complexity index is 618. The molecule has 0 bridgehead atoms. The lowest BCUT2D eigenvalue weighted by Crippen LogP contribution is -2.02. The number of rotatable bonds is 6. The van der Waals surface area contributed by atoms with E-state index >= 15 is 0 Å². The Morgan fingerprint density at radius 3 is 2.55 bits per heavy atom. The van der Waals surface area contributed by atoms with Crippen molar-refractivity contribution in [3.63, 3.8) is 0 Å². The van der Waals surface area contributed by atoms with Gasteiger partial charge in [-0.1, -0.05) is 12.1 Å². The van der Waals surface area contributed by atoms with Crippen LogP contribution in [0, 0.1) is 0 Å². The van der Waals surface area contributed by atoms with E-state index in [0.717, 1.165) is 17.4 Å². The van der Waals surface area contributed by atoms with E-state index in [2.05, 4.69) is 5.10 Å². The third-order valence-corrected chi connectivity index (χ3v) is 2.77. The van der Waals surface area contributed by atoms with Crippen LogP contribution >= 0.6 is 0 Å². The Kier molecular flexibility index (Phi) is 5.08. The molecular formula is C15H15F3N2O2. The molecule has 0 radical (unpaired) electrons. The fourth-order valence-electron chi connectivity index (χ4n) is 1.75. The second kappa shape index (κ2) is 7.02. The summed E-state index contributed by atoms with van der Waals surface area (Å²) in [6, 6.07) is 7.51. The normalized spacial score (nSPS) is 11.8. The van der Waals surface area contributed by atoms with Gasteiger partial charge in [0.25, 0.3) is 0 Å². The van der Waals surface area contributed by atoms with Gasteiger partial charge in [0.1, 0.15) is 12.4 Å². The third kappa shape index (κ3) is 5.16. The summed E-state index contributed by atoms with van der Waals surface area (Å²) in [5.41, 5.74) is 1.02. The van der Waals surface area contributed by atoms with E-state index in [1.165, 1.54) is 6.20 Å². The van der Waals surface area contributed by atoms with Crippen molar-refractivity contribution in [3.05, 3.63) is 54.4 Å². The van der Waals surface area contributed by atoms with Crippen molar-refractivity contribution in [3.8, 4) is 11.5 Å². The van der Waals surface area contributed by atoms with E-state index in [1.54, 1.807) is 18.0 Å². The van der Waals surface area contributed by atoms with Gasteiger partial charge < -0.3 is 9.47 Å². The van der Waals surface area contributed by atoms with Gasteiger partial charge >= 0.3 is 6.18 Å². The average molecular weight is 312 g/mol. The van der Waals surface area contributed by atoms with Gasteiger partial charge in [-0.25, -0.2) is 0 Å². The molecule has 22 heavy (non-hydrogen) atoms. The van der Waals surface area contributed by atoms with E-state index in [9.17, 15) is 13.2 Å². The smallest absolute Gasteiger partial charge is 0.409 e. The second-order valence-corrected chi connectivity index (χ2v) is 4.48. The van der Waals surface area contributed by atoms with Crippen LogP contribution in [0.2, 0.25) is 0 Å². The van der Waals surface area contributed by atoms with E-state index in [0.29, 0.717) is 12.3 Å². The average Bonchev–Trinajstić information content (AvgIpc) is 2.91. The maximum atomic E-state index is 11.9. The molecule has 0 atom stereocenters. The summed E-state index contributed by atoms with van der Waals surface area (Å²) in [5.74, 6) is 1.19. The lowest BCUT2D eigenvalue weighted by molar-refractivity contribution is -0.0801. The molecule has 0 aliphatic rings. The van der Waals surface area contributed by atoms with Gasteiger partial charge in [-0.05, 0) is 23.8 Å². The number of methoxy groups -OCH3 is 1. The van der Waals surface area contributed by atoms with Crippen molar-refractivity contribution in [2.45, 2.75) is 12.7 Å². The molecule has 0 saturated heterocycles. The van der Waals surface area contributed by atoms with Crippen molar-refractivity contribution < 1.29 is 22.6 Å². The summed E-state index contributed by atoms with van der Waals surface area (Å²) in [6.07, 6.45) is -0.159. The van der Waals surface area contributed by atoms with Gasteiger partial charge in [0, 0.05) is 6.08 Å². The Hall–Kier alpha value is -2.44. The highest BCUT2D eigenvalue weighted by atomic mass is 19.4. The van der Waals surface area contributed by atoms with E-state index < -0.39 is 6.18 Å². The van der Waals surface area contributed by atoms with Crippen molar-refractivity contribution in [1.29, 1.82) is 0 Å². The summed E-state index contributed by atoms with van der Waals surface area (Å²) < 4.78 is 47.6. The predicted molar refractivity (Wildman–Crippen MR) is 75.0 cm³/mol. The topological polar surface area (TPSA) is 36.3 Å². The molecule has 2 rings (SSSR count). The zero-order chi connectivity index (χ0) is 16.0. The van der Waals surface area contributed by atoms with Gasteiger partial charge in [-0.3, -0.25) is 4.68 Å². The van der Waals surface area contributed by atoms with Crippen LogP contribution in [0.1, 0.15) is 5.56 Å². The first-order chi connectivity index (χ1) is 10.5. The quantitative estimate of drug-likeness (QED) is 0.767. The monoisotopic (exact) mass is 312 g/mol. The van der Waals surface area contributed by atoms with Crippen molar-refractivity contribution in [2.24, 2.45) is 0 Å². The number of hydrogen-bond donors (Lipinski definition) is 0. The number of allylic oxidation sites excluding steroid dienone is 1. The second-order valence-electron chi connectivity index (χ2n) is 4.48. The van der Waals surface area contributed by atoms with Crippen molar-refractivity contribution in [2.75, 3.05) is 13.7 Å². The fourth-order valence-corrected chi connectivity index (χ4v) is 1.75. The molecule has 1 aromatic carbocycles. The Morgan fingerprint density at radius 1 is 1.18 bits per heavy atom. The number of nitrogens with zero attached hydrogens (tertiary/aromatic N) is 2. The van der Waals surface area contributed by atoms with Crippen LogP contribution in [-0.2, 0) is 6.54 Å². The van der Waals surface area contributed by atoms with E-state index in [-0.39, 0.29) is 12.7 Å². The van der Waals surface area contributed by atoms with Crippen molar-refractivity contribution >= 4 is 0 Å². The Morgan fingerprint density at radius 2 is 1.91 bits per heavy atom. The maximum absolute atomic E-state index is 11.9. The maximum Gasteiger partial charge on any atom is 0.409 e. The third-order valence-electron chi connectivity index (χ3n) is 2.77. The Labute approximate surface area is 125 Å². The molecule has 0 N–H and O–H groups in total. The molecular weight excluding hydrogens is 297 g/mol. The summed E-state index contributed by atoms with van der Waals surface area (Å²) in [6.45, 7) is 0.374. The van der Waals surface area contributed by atoms with Crippen LogP contribution in [0.25, 0.3) is 0 Å². The molecule has 0 aliphatic heterocycles. The van der Waals surface area contributed by atoms with Crippen LogP contribution in [0.15, 0.2) is 48.8 Å². The number of benzene rings is 1. The van der Waals surface area contributed by atoms with Crippen LogP contribution in [-0.4, -0.2) is 29.7 Å². The summed E-state index contributed by atoms with van der Waals surface area (Å²) >= 11 is 0. The number of alkyl halides is 3. The van der Waals surface area contributed by atoms with Gasteiger partial charge in [0.2, 0.25) is 0 Å². The van der Waals surface area contributed by atoms with Crippen molar-refractivity contribution in [1.82, 2.24) is 9.78 Å². The molecule has 0 unspecified atom stereocenters. The van der Waals surface area contributed by atoms with E-state index in [4.69, 9.17) is 9.47 Å². The molecule has 0 amide bonds. The first-order valence-corrected chi connectivity index (χ1v) is 6.49. The van der Waals surface area contributed by atoms with Gasteiger partial charge in [-0.2, -0.15) is 18.3 Å². The SMILES string of the molecule is COc1ccc(Cn2cc(OC/C=C/C(F)(F)F)cn2)cc1. The van der Waals surface area contributed by atoms with Gasteiger partial charge in [-0.15, -0.1) is 0 Å². The zero-order valence-corrected chi connectivity index (χ0v) is 11.9. The summed E-state index contributed by atoms with van der Waals surface area (Å²) in [4.78, 5) is 0. The lowest BCUT2D eigenvalue weighted by Gasteiger charge is -2.03. The Balaban J connectivity index is 1.87. The van der Waals surface area contributed by atoms with Crippen LogP contribution in [0.4, 0.5) is 13.2 Å². The van der Waals surface area contributed by atoms with Gasteiger partial charge in [0.05, 0.1) is 26.0 Å². The fraction of sp³-hybridized carbons (Fsp3) is 0.267. The molecule has 0 aliphatic carbocycles. The molecule has 2 aromatic rings. The standard InChI is InChI=1S/C15H15F3N2O2/c1-21-13-5-3-12(4-6-13)10-20-11-14(9-19-20)22-8-2-7-15(16,17)18/h2-7,9,11H,8,10H2,1H3/b7-2+. The molecule has 118 valence electrons. The minimum Gasteiger partial charge on any atom is -0.497 e. The molecule has 1 aromatic heterocycles. The largest absolute Gasteiger partial charge is 0.497 e. The first-order valence-electron chi connectivity index (χ1n) is 6.49. The lowest BCUT2D eigenvalue weighted by atomic mass is 10.2. The highest BCUT2D eigenvalue weighted by molar-refractivity contribution is 5.27. The minimum atomic E-state index is -4.32. The van der Waals surface area contributed by atoms with Crippen LogP contribution in [0.3, 0.4) is 0 Å². The summed E-state index contributed by atoms with van der Waals surface area (Å²) in [7, 11) is 1.60. The number of halogens is 3. The van der Waals surface area contributed by atoms with E-state index in [1.807, 2.05) is 24.3 Å². The number of ether oxygens (including phenoxy) is 2. The number of hydrogen-bond acceptors (Lipinski definition) is 3. The molecule has 1 heterocycles. The highest BCUT2D eigenvalue weighted by Gasteiger charge is 2.21. The first kappa shape index (κ1) is 15.9. The highest BCUT2D eigenvalue weighted by Crippen LogP contribution is 2.16. The zero-order valence-electron chi connectivity index (χ0n) is 11.9. The molecule has 0 spiro atoms. The summed E-state index contributed by atoms with van der Waals surface area (Å²) in [5, 5.41) is 4.10. The molecule has 0 saturated carbocycles. The number of aromatic nitrogens is 2. The van der Waals surface area contributed by atoms with Crippen LogP contribution in [0.5, 0.6) is 11.5 Å². The van der Waals surface area contributed by atoms with Gasteiger partial charge in [0.15, 0.2) is 5.75 Å². The molecule has 7 heteroatoms. The van der Waals surface area contributed by atoms with Crippen LogP contribution < -0.4 is 9.47 Å².